The molecule has 1 aromatic rings. The van der Waals surface area contributed by atoms with Crippen molar-refractivity contribution >= 4 is 11.6 Å². The van der Waals surface area contributed by atoms with Crippen molar-refractivity contribution in [1.82, 2.24) is 4.90 Å². The lowest BCUT2D eigenvalue weighted by Crippen LogP contribution is -2.45. The molecule has 1 saturated heterocycles. The van der Waals surface area contributed by atoms with Crippen LogP contribution in [0.1, 0.15) is 25.3 Å². The molecule has 1 heterocycles. The maximum absolute atomic E-state index is 13.9. The zero-order valence-electron chi connectivity index (χ0n) is 11.8. The zero-order chi connectivity index (χ0) is 14.7. The second kappa shape index (κ2) is 5.91. The number of nitrogens with zero attached hydrogens (tertiary/aromatic N) is 3. The topological polar surface area (TPSA) is 47.3 Å². The summed E-state index contributed by atoms with van der Waals surface area (Å²) in [5.41, 5.74) is 0.866. The van der Waals surface area contributed by atoms with Gasteiger partial charge in [-0.1, -0.05) is 0 Å². The Bertz CT molecular complexity index is 545. The fraction of sp³-hybridized carbons (Fsp3) is 0.467. The summed E-state index contributed by atoms with van der Waals surface area (Å²) in [4.78, 5) is 15.1. The quantitative estimate of drug-likeness (QED) is 0.831. The average Bonchev–Trinajstić information content (AvgIpc) is 2.46. The van der Waals surface area contributed by atoms with Crippen LogP contribution in [0.5, 0.6) is 0 Å². The van der Waals surface area contributed by atoms with Crippen molar-refractivity contribution in [2.45, 2.75) is 25.8 Å². The molecule has 0 saturated carbocycles. The molecule has 1 aliphatic heterocycles. The number of carbonyl (C=O) groups is 1. The van der Waals surface area contributed by atoms with Crippen molar-refractivity contribution in [3.05, 3.63) is 29.6 Å². The number of carbonyl (C=O) groups excluding carboxylic acids is 1. The molecule has 4 nitrogen and oxygen atoms in total. The zero-order valence-corrected chi connectivity index (χ0v) is 11.8. The Balaban J connectivity index is 2.04. The number of hydrogen-bond acceptors (Lipinski definition) is 3. The molecule has 0 N–H and O–H groups in total. The first kappa shape index (κ1) is 14.3. The predicted octanol–water partition coefficient (Wildman–Crippen LogP) is 2.14. The Labute approximate surface area is 118 Å². The van der Waals surface area contributed by atoms with E-state index in [2.05, 4.69) is 0 Å². The van der Waals surface area contributed by atoms with Crippen LogP contribution in [0.2, 0.25) is 0 Å². The molecule has 0 spiro atoms. The van der Waals surface area contributed by atoms with Gasteiger partial charge in [0, 0.05) is 33.1 Å². The van der Waals surface area contributed by atoms with E-state index < -0.39 is 0 Å². The fourth-order valence-corrected chi connectivity index (χ4v) is 2.58. The summed E-state index contributed by atoms with van der Waals surface area (Å²) >= 11 is 0. The molecule has 1 aromatic carbocycles. The first-order valence-electron chi connectivity index (χ1n) is 6.71. The summed E-state index contributed by atoms with van der Waals surface area (Å²) in [5, 5.41) is 8.74. The van der Waals surface area contributed by atoms with Gasteiger partial charge < -0.3 is 9.80 Å². The lowest BCUT2D eigenvalue weighted by atomic mass is 10.0. The molecule has 0 atom stereocenters. The molecule has 1 fully saturated rings. The molecular weight excluding hydrogens is 257 g/mol. The van der Waals surface area contributed by atoms with Crippen LogP contribution in [0.25, 0.3) is 0 Å². The molecule has 106 valence electrons. The number of hydrogen-bond donors (Lipinski definition) is 0. The number of piperidine rings is 1. The molecular formula is C15H18FN3O. The van der Waals surface area contributed by atoms with E-state index in [1.54, 1.807) is 24.0 Å². The van der Waals surface area contributed by atoms with Crippen molar-refractivity contribution in [3.63, 3.8) is 0 Å². The van der Waals surface area contributed by atoms with Crippen molar-refractivity contribution in [1.29, 1.82) is 5.26 Å². The van der Waals surface area contributed by atoms with E-state index in [4.69, 9.17) is 5.26 Å². The first-order chi connectivity index (χ1) is 9.52. The van der Waals surface area contributed by atoms with Gasteiger partial charge in [0.1, 0.15) is 5.82 Å². The minimum absolute atomic E-state index is 0.0630. The standard InChI is InChI=1S/C15H18FN3O/c1-11(20)18(2)13-5-7-19(8-6-13)15-4-3-12(10-17)9-14(15)16/h3-4,9,13H,5-8H2,1-2H3. The largest absolute Gasteiger partial charge is 0.369 e. The normalized spacial score (nSPS) is 15.8. The van der Waals surface area contributed by atoms with Gasteiger partial charge in [-0.2, -0.15) is 5.26 Å². The highest BCUT2D eigenvalue weighted by Gasteiger charge is 2.25. The Morgan fingerprint density at radius 3 is 2.60 bits per heavy atom. The van der Waals surface area contributed by atoms with E-state index in [1.807, 2.05) is 18.0 Å². The molecule has 0 aromatic heterocycles. The van der Waals surface area contributed by atoms with Gasteiger partial charge in [-0.05, 0) is 31.0 Å². The van der Waals surface area contributed by atoms with Crippen molar-refractivity contribution < 1.29 is 9.18 Å². The van der Waals surface area contributed by atoms with Gasteiger partial charge in [-0.25, -0.2) is 4.39 Å². The maximum atomic E-state index is 13.9. The van der Waals surface area contributed by atoms with Gasteiger partial charge in [0.05, 0.1) is 17.3 Å². The van der Waals surface area contributed by atoms with Gasteiger partial charge >= 0.3 is 0 Å². The number of rotatable bonds is 2. The number of halogens is 1. The van der Waals surface area contributed by atoms with Crippen molar-refractivity contribution in [2.24, 2.45) is 0 Å². The van der Waals surface area contributed by atoms with E-state index in [0.29, 0.717) is 24.3 Å². The SMILES string of the molecule is CC(=O)N(C)C1CCN(c2ccc(C#N)cc2F)CC1. The summed E-state index contributed by atoms with van der Waals surface area (Å²) in [6.07, 6.45) is 1.66. The molecule has 5 heteroatoms. The third-order valence-corrected chi connectivity index (χ3v) is 3.93. The molecule has 2 rings (SSSR count). The second-order valence-electron chi connectivity index (χ2n) is 5.13. The number of amides is 1. The van der Waals surface area contributed by atoms with Crippen LogP contribution in [0.15, 0.2) is 18.2 Å². The van der Waals surface area contributed by atoms with Crippen LogP contribution in [-0.4, -0.2) is 37.0 Å². The van der Waals surface area contributed by atoms with Crippen molar-refractivity contribution in [2.75, 3.05) is 25.0 Å². The minimum atomic E-state index is -0.359. The molecule has 0 bridgehead atoms. The highest BCUT2D eigenvalue weighted by molar-refractivity contribution is 5.73. The van der Waals surface area contributed by atoms with E-state index in [-0.39, 0.29) is 17.8 Å². The fourth-order valence-electron chi connectivity index (χ4n) is 2.58. The Morgan fingerprint density at radius 1 is 1.45 bits per heavy atom. The van der Waals surface area contributed by atoms with E-state index in [1.165, 1.54) is 6.07 Å². The van der Waals surface area contributed by atoms with Gasteiger partial charge in [-0.15, -0.1) is 0 Å². The second-order valence-corrected chi connectivity index (χ2v) is 5.13. The molecule has 1 amide bonds. The van der Waals surface area contributed by atoms with Gasteiger partial charge in [0.25, 0.3) is 0 Å². The monoisotopic (exact) mass is 275 g/mol. The predicted molar refractivity (Wildman–Crippen MR) is 74.8 cm³/mol. The summed E-state index contributed by atoms with van der Waals surface area (Å²) in [6.45, 7) is 2.99. The van der Waals surface area contributed by atoms with Gasteiger partial charge in [0.2, 0.25) is 5.91 Å². The summed E-state index contributed by atoms with van der Waals surface area (Å²) < 4.78 is 13.9. The molecule has 20 heavy (non-hydrogen) atoms. The van der Waals surface area contributed by atoms with Crippen molar-refractivity contribution in [3.8, 4) is 6.07 Å². The lowest BCUT2D eigenvalue weighted by Gasteiger charge is -2.37. The van der Waals surface area contributed by atoms with Crippen LogP contribution >= 0.6 is 0 Å². The molecule has 0 unspecified atom stereocenters. The number of nitriles is 1. The van der Waals surface area contributed by atoms with Crippen LogP contribution in [0.3, 0.4) is 0 Å². The molecule has 0 radical (unpaired) electrons. The maximum Gasteiger partial charge on any atom is 0.219 e. The highest BCUT2D eigenvalue weighted by Crippen LogP contribution is 2.25. The van der Waals surface area contributed by atoms with E-state index >= 15 is 0 Å². The van der Waals surface area contributed by atoms with Crippen LogP contribution in [0.4, 0.5) is 10.1 Å². The van der Waals surface area contributed by atoms with Crippen LogP contribution in [-0.2, 0) is 4.79 Å². The number of anilines is 1. The number of benzene rings is 1. The smallest absolute Gasteiger partial charge is 0.219 e. The average molecular weight is 275 g/mol. The third-order valence-electron chi connectivity index (χ3n) is 3.93. The van der Waals surface area contributed by atoms with Gasteiger partial charge in [-0.3, -0.25) is 4.79 Å². The third kappa shape index (κ3) is 2.90. The first-order valence-corrected chi connectivity index (χ1v) is 6.71. The molecule has 1 aliphatic rings. The minimum Gasteiger partial charge on any atom is -0.369 e. The Hall–Kier alpha value is -2.09. The highest BCUT2D eigenvalue weighted by atomic mass is 19.1. The van der Waals surface area contributed by atoms with Crippen LogP contribution in [0, 0.1) is 17.1 Å². The Kier molecular flexibility index (Phi) is 4.23. The van der Waals surface area contributed by atoms with E-state index in [0.717, 1.165) is 12.8 Å². The van der Waals surface area contributed by atoms with Gasteiger partial charge in [0.15, 0.2) is 0 Å². The lowest BCUT2D eigenvalue weighted by molar-refractivity contribution is -0.129. The van der Waals surface area contributed by atoms with E-state index in [9.17, 15) is 9.18 Å². The Morgan fingerprint density at radius 2 is 2.10 bits per heavy atom. The summed E-state index contributed by atoms with van der Waals surface area (Å²) in [6, 6.07) is 6.71. The molecule has 0 aliphatic carbocycles. The summed E-state index contributed by atoms with van der Waals surface area (Å²) in [7, 11) is 1.81. The van der Waals surface area contributed by atoms with Crippen LogP contribution < -0.4 is 4.90 Å². The summed E-state index contributed by atoms with van der Waals surface area (Å²) in [5.74, 6) is -0.296.